The van der Waals surface area contributed by atoms with Crippen LogP contribution in [0.3, 0.4) is 0 Å². The highest BCUT2D eigenvalue weighted by atomic mass is 79.9. The summed E-state index contributed by atoms with van der Waals surface area (Å²) >= 11 is 3.32. The van der Waals surface area contributed by atoms with Gasteiger partial charge in [0.2, 0.25) is 0 Å². The summed E-state index contributed by atoms with van der Waals surface area (Å²) in [6.07, 6.45) is 3.18. The van der Waals surface area contributed by atoms with Gasteiger partial charge in [0.05, 0.1) is 5.69 Å². The van der Waals surface area contributed by atoms with Crippen LogP contribution in [0.4, 0.5) is 5.69 Å². The zero-order valence-electron chi connectivity index (χ0n) is 11.6. The van der Waals surface area contributed by atoms with Crippen LogP contribution in [0.2, 0.25) is 0 Å². The Kier molecular flexibility index (Phi) is 3.85. The van der Waals surface area contributed by atoms with Crippen molar-refractivity contribution in [3.63, 3.8) is 0 Å². The molecule has 6 heteroatoms. The van der Waals surface area contributed by atoms with Crippen molar-refractivity contribution in [1.29, 1.82) is 0 Å². The second kappa shape index (κ2) is 5.28. The average molecular weight is 338 g/mol. The van der Waals surface area contributed by atoms with Crippen molar-refractivity contribution in [2.24, 2.45) is 0 Å². The summed E-state index contributed by atoms with van der Waals surface area (Å²) in [5, 5.41) is 0. The van der Waals surface area contributed by atoms with E-state index in [1.807, 2.05) is 20.8 Å². The van der Waals surface area contributed by atoms with Gasteiger partial charge in [0, 0.05) is 22.4 Å². The fourth-order valence-electron chi connectivity index (χ4n) is 1.71. The fraction of sp³-hybridized carbons (Fsp3) is 0.286. The van der Waals surface area contributed by atoms with Gasteiger partial charge in [-0.2, -0.15) is 0 Å². The molecular weight excluding hydrogens is 322 g/mol. The van der Waals surface area contributed by atoms with E-state index in [9.17, 15) is 4.79 Å². The molecule has 0 spiro atoms. The quantitative estimate of drug-likeness (QED) is 0.854. The van der Waals surface area contributed by atoms with Gasteiger partial charge in [-0.15, -0.1) is 0 Å². The van der Waals surface area contributed by atoms with Gasteiger partial charge in [0.25, 0.3) is 5.88 Å². The van der Waals surface area contributed by atoms with Gasteiger partial charge < -0.3 is 15.0 Å². The molecule has 1 aromatic heterocycles. The van der Waals surface area contributed by atoms with Crippen LogP contribution >= 0.6 is 15.9 Å². The molecule has 5 nitrogen and oxygen atoms in total. The predicted molar refractivity (Wildman–Crippen MR) is 82.1 cm³/mol. The van der Waals surface area contributed by atoms with Crippen LogP contribution in [0.25, 0.3) is 0 Å². The Morgan fingerprint density at radius 2 is 2.05 bits per heavy atom. The number of hydrogen-bond acceptors (Lipinski definition) is 4. The second-order valence-corrected chi connectivity index (χ2v) is 6.28. The molecule has 0 radical (unpaired) electrons. The first-order chi connectivity index (χ1) is 9.29. The minimum absolute atomic E-state index is 0.0106. The number of hydrogen-bond donors (Lipinski definition) is 1. The van der Waals surface area contributed by atoms with E-state index in [-0.39, 0.29) is 17.0 Å². The second-order valence-electron chi connectivity index (χ2n) is 5.36. The Hall–Kier alpha value is -1.82. The standard InChI is InChI=1S/C14H16BrN3O2/c1-14(2,3)18-7-6-17-12(13(18)19)20-11-5-4-9(15)8-10(11)16/h4-8H,16H2,1-3H3. The van der Waals surface area contributed by atoms with E-state index in [1.165, 1.54) is 6.20 Å². The van der Waals surface area contributed by atoms with Gasteiger partial charge in [0.1, 0.15) is 0 Å². The molecular formula is C14H16BrN3O2. The normalized spacial score (nSPS) is 11.4. The minimum Gasteiger partial charge on any atom is -0.432 e. The molecule has 0 atom stereocenters. The van der Waals surface area contributed by atoms with Crippen molar-refractivity contribution in [3.8, 4) is 11.6 Å². The summed E-state index contributed by atoms with van der Waals surface area (Å²) in [6, 6.07) is 5.19. The Morgan fingerprint density at radius 3 is 2.65 bits per heavy atom. The number of nitrogens with zero attached hydrogens (tertiary/aromatic N) is 2. The van der Waals surface area contributed by atoms with Gasteiger partial charge in [-0.05, 0) is 39.0 Å². The maximum absolute atomic E-state index is 12.3. The number of aromatic nitrogens is 2. The molecule has 1 heterocycles. The molecule has 0 unspecified atom stereocenters. The van der Waals surface area contributed by atoms with Crippen molar-refractivity contribution in [3.05, 3.63) is 45.4 Å². The summed E-state index contributed by atoms with van der Waals surface area (Å²) in [6.45, 7) is 5.81. The van der Waals surface area contributed by atoms with Crippen LogP contribution in [0, 0.1) is 0 Å². The van der Waals surface area contributed by atoms with Gasteiger partial charge in [-0.1, -0.05) is 15.9 Å². The lowest BCUT2D eigenvalue weighted by molar-refractivity contribution is 0.363. The first-order valence-electron chi connectivity index (χ1n) is 6.10. The number of benzene rings is 1. The molecule has 0 aliphatic rings. The summed E-state index contributed by atoms with van der Waals surface area (Å²) < 4.78 is 7.96. The summed E-state index contributed by atoms with van der Waals surface area (Å²) in [5.41, 5.74) is 5.65. The maximum Gasteiger partial charge on any atom is 0.314 e. The highest BCUT2D eigenvalue weighted by molar-refractivity contribution is 9.10. The summed E-state index contributed by atoms with van der Waals surface area (Å²) in [7, 11) is 0. The predicted octanol–water partition coefficient (Wildman–Crippen LogP) is 3.14. The van der Waals surface area contributed by atoms with Gasteiger partial charge in [-0.3, -0.25) is 4.79 Å². The average Bonchev–Trinajstić information content (AvgIpc) is 2.33. The smallest absolute Gasteiger partial charge is 0.314 e. The molecule has 0 amide bonds. The third-order valence-corrected chi connectivity index (χ3v) is 3.20. The van der Waals surface area contributed by atoms with Crippen LogP contribution in [-0.4, -0.2) is 9.55 Å². The molecule has 106 valence electrons. The number of nitrogen functional groups attached to an aromatic ring is 1. The molecule has 0 saturated carbocycles. The molecule has 0 bridgehead atoms. The largest absolute Gasteiger partial charge is 0.432 e. The van der Waals surface area contributed by atoms with Gasteiger partial charge in [-0.25, -0.2) is 4.98 Å². The van der Waals surface area contributed by atoms with E-state index in [0.29, 0.717) is 11.4 Å². The molecule has 20 heavy (non-hydrogen) atoms. The van der Waals surface area contributed by atoms with Crippen molar-refractivity contribution in [1.82, 2.24) is 9.55 Å². The Balaban J connectivity index is 2.42. The topological polar surface area (TPSA) is 70.1 Å². The Bertz CT molecular complexity index is 690. The fourth-order valence-corrected chi connectivity index (χ4v) is 2.09. The zero-order chi connectivity index (χ0) is 14.9. The van der Waals surface area contributed by atoms with Crippen LogP contribution in [0.1, 0.15) is 20.8 Å². The van der Waals surface area contributed by atoms with Gasteiger partial charge in [0.15, 0.2) is 5.75 Å². The minimum atomic E-state index is -0.344. The number of anilines is 1. The number of nitrogens with two attached hydrogens (primary N) is 1. The summed E-state index contributed by atoms with van der Waals surface area (Å²) in [4.78, 5) is 16.3. The monoisotopic (exact) mass is 337 g/mol. The van der Waals surface area contributed by atoms with Crippen molar-refractivity contribution < 1.29 is 4.74 Å². The third-order valence-electron chi connectivity index (χ3n) is 2.71. The van der Waals surface area contributed by atoms with Crippen molar-refractivity contribution in [2.45, 2.75) is 26.3 Å². The maximum atomic E-state index is 12.3. The van der Waals surface area contributed by atoms with Crippen molar-refractivity contribution >= 4 is 21.6 Å². The summed E-state index contributed by atoms with van der Waals surface area (Å²) in [5.74, 6) is 0.418. The van der Waals surface area contributed by atoms with Crippen LogP contribution < -0.4 is 16.0 Å². The molecule has 2 aromatic rings. The SMILES string of the molecule is CC(C)(C)n1ccnc(Oc2ccc(Br)cc2N)c1=O. The number of ether oxygens (including phenoxy) is 1. The molecule has 0 saturated heterocycles. The lowest BCUT2D eigenvalue weighted by atomic mass is 10.1. The van der Waals surface area contributed by atoms with Crippen LogP contribution in [0.5, 0.6) is 11.6 Å². The number of rotatable bonds is 2. The first-order valence-corrected chi connectivity index (χ1v) is 6.89. The van der Waals surface area contributed by atoms with E-state index >= 15 is 0 Å². The van der Waals surface area contributed by atoms with E-state index in [4.69, 9.17) is 10.5 Å². The lowest BCUT2D eigenvalue weighted by Gasteiger charge is -2.22. The lowest BCUT2D eigenvalue weighted by Crippen LogP contribution is -2.34. The van der Waals surface area contributed by atoms with E-state index in [1.54, 1.807) is 29.0 Å². The molecule has 2 rings (SSSR count). The highest BCUT2D eigenvalue weighted by Gasteiger charge is 2.18. The molecule has 0 aliphatic carbocycles. The van der Waals surface area contributed by atoms with Crippen LogP contribution in [-0.2, 0) is 5.54 Å². The molecule has 2 N–H and O–H groups in total. The zero-order valence-corrected chi connectivity index (χ0v) is 13.1. The molecule has 0 fully saturated rings. The Labute approximate surface area is 125 Å². The van der Waals surface area contributed by atoms with Crippen molar-refractivity contribution in [2.75, 3.05) is 5.73 Å². The highest BCUT2D eigenvalue weighted by Crippen LogP contribution is 2.28. The van der Waals surface area contributed by atoms with E-state index in [0.717, 1.165) is 4.47 Å². The van der Waals surface area contributed by atoms with Gasteiger partial charge >= 0.3 is 5.56 Å². The molecule has 0 aliphatic heterocycles. The first kappa shape index (κ1) is 14.6. The molecule has 1 aromatic carbocycles. The van der Waals surface area contributed by atoms with Crippen LogP contribution in [0.15, 0.2) is 39.9 Å². The van der Waals surface area contributed by atoms with E-state index in [2.05, 4.69) is 20.9 Å². The Morgan fingerprint density at radius 1 is 1.35 bits per heavy atom. The van der Waals surface area contributed by atoms with E-state index < -0.39 is 0 Å². The number of halogens is 1. The third kappa shape index (κ3) is 3.01.